The molecule has 1 aromatic rings. The molecule has 0 radical (unpaired) electrons. The molecular weight excluding hydrogens is 266 g/mol. The van der Waals surface area contributed by atoms with E-state index in [1.165, 1.54) is 12.4 Å². The normalized spacial score (nSPS) is 14.8. The summed E-state index contributed by atoms with van der Waals surface area (Å²) in [7, 11) is 0. The largest absolute Gasteiger partial charge is 0.482 e. The van der Waals surface area contributed by atoms with Gasteiger partial charge in [0.15, 0.2) is 0 Å². The number of nitrogens with two attached hydrogens (primary N) is 1. The lowest BCUT2D eigenvalue weighted by Gasteiger charge is -2.09. The molecule has 0 saturated carbocycles. The molecule has 1 aliphatic heterocycles. The number of carbonyl (C=O) groups excluding carboxylic acids is 1. The number of rotatable bonds is 1. The third-order valence-electron chi connectivity index (χ3n) is 2.65. The van der Waals surface area contributed by atoms with Gasteiger partial charge in [0.2, 0.25) is 5.76 Å². The fourth-order valence-electron chi connectivity index (χ4n) is 1.62. The Balaban J connectivity index is 2.34. The molecule has 0 aliphatic carbocycles. The van der Waals surface area contributed by atoms with E-state index in [1.807, 2.05) is 24.3 Å². The van der Waals surface area contributed by atoms with E-state index in [4.69, 9.17) is 10.5 Å². The monoisotopic (exact) mass is 281 g/mol. The van der Waals surface area contributed by atoms with E-state index >= 15 is 0 Å². The highest BCUT2D eigenvalue weighted by Crippen LogP contribution is 2.11. The van der Waals surface area contributed by atoms with Crippen LogP contribution in [0.4, 0.5) is 0 Å². The summed E-state index contributed by atoms with van der Waals surface area (Å²) in [4.78, 5) is 19.4. The Morgan fingerprint density at radius 2 is 2.00 bits per heavy atom. The van der Waals surface area contributed by atoms with Gasteiger partial charge in [0.25, 0.3) is 5.91 Å². The number of fused-ring (bicyclic) bond motifs is 1. The van der Waals surface area contributed by atoms with Crippen molar-refractivity contribution in [3.8, 4) is 0 Å². The zero-order valence-electron chi connectivity index (χ0n) is 11.3. The molecular formula is C16H15N3O2. The molecule has 106 valence electrons. The average molecular weight is 281 g/mol. The number of carbonyl (C=O) groups is 1. The summed E-state index contributed by atoms with van der Waals surface area (Å²) < 4.78 is 5.44. The smallest absolute Gasteiger partial charge is 0.285 e. The van der Waals surface area contributed by atoms with Crippen molar-refractivity contribution in [3.05, 3.63) is 71.8 Å². The van der Waals surface area contributed by atoms with Crippen LogP contribution in [0.2, 0.25) is 0 Å². The number of ether oxygens (including phenoxy) is 1. The third kappa shape index (κ3) is 4.58. The summed E-state index contributed by atoms with van der Waals surface area (Å²) in [5, 5.41) is 0. The molecule has 5 heteroatoms. The predicted octanol–water partition coefficient (Wildman–Crippen LogP) is 2.10. The number of hydrogen-bond donors (Lipinski definition) is 1. The average Bonchev–Trinajstić information content (AvgIpc) is 2.49. The second kappa shape index (κ2) is 7.59. The fourth-order valence-corrected chi connectivity index (χ4v) is 1.62. The van der Waals surface area contributed by atoms with Crippen LogP contribution < -0.4 is 5.73 Å². The molecule has 21 heavy (non-hydrogen) atoms. The summed E-state index contributed by atoms with van der Waals surface area (Å²) in [6.07, 6.45) is 11.5. The number of allylic oxidation sites excluding steroid dienone is 3. The topological polar surface area (TPSA) is 77.0 Å². The molecule has 0 fully saturated rings. The van der Waals surface area contributed by atoms with E-state index < -0.39 is 5.91 Å². The van der Waals surface area contributed by atoms with Gasteiger partial charge >= 0.3 is 0 Å². The van der Waals surface area contributed by atoms with Crippen LogP contribution in [-0.2, 0) is 16.1 Å². The Bertz CT molecular complexity index is 655. The molecule has 0 unspecified atom stereocenters. The van der Waals surface area contributed by atoms with Crippen molar-refractivity contribution in [2.24, 2.45) is 15.7 Å². The quantitative estimate of drug-likeness (QED) is 0.855. The van der Waals surface area contributed by atoms with Crippen LogP contribution in [0.15, 0.2) is 70.6 Å². The highest BCUT2D eigenvalue weighted by Gasteiger charge is 2.07. The maximum atomic E-state index is 11.3. The molecule has 0 aromatic heterocycles. The summed E-state index contributed by atoms with van der Waals surface area (Å²) in [5.74, 6) is -0.645. The maximum Gasteiger partial charge on any atom is 0.285 e. The lowest BCUT2D eigenvalue weighted by Crippen LogP contribution is -2.16. The zero-order chi connectivity index (χ0) is 14.9. The summed E-state index contributed by atoms with van der Waals surface area (Å²) in [6.45, 7) is 0.214. The van der Waals surface area contributed by atoms with Crippen molar-refractivity contribution in [3.63, 3.8) is 0 Å². The zero-order valence-corrected chi connectivity index (χ0v) is 11.3. The molecule has 1 aromatic carbocycles. The van der Waals surface area contributed by atoms with Crippen molar-refractivity contribution < 1.29 is 9.53 Å². The summed E-state index contributed by atoms with van der Waals surface area (Å²) in [6, 6.07) is 7.62. The lowest BCUT2D eigenvalue weighted by molar-refractivity contribution is -0.118. The van der Waals surface area contributed by atoms with E-state index in [0.717, 1.165) is 11.1 Å². The van der Waals surface area contributed by atoms with E-state index in [0.29, 0.717) is 0 Å². The molecule has 1 heterocycles. The van der Waals surface area contributed by atoms with Crippen LogP contribution in [0.5, 0.6) is 0 Å². The Morgan fingerprint density at radius 3 is 2.86 bits per heavy atom. The number of hydrogen-bond acceptors (Lipinski definition) is 4. The number of aliphatic imine (C=N–C) groups is 2. The van der Waals surface area contributed by atoms with Gasteiger partial charge in [-0.15, -0.1) is 0 Å². The van der Waals surface area contributed by atoms with Gasteiger partial charge in [0.05, 0.1) is 6.20 Å². The highest BCUT2D eigenvalue weighted by molar-refractivity contribution is 5.90. The van der Waals surface area contributed by atoms with Crippen molar-refractivity contribution in [2.45, 2.75) is 6.61 Å². The van der Waals surface area contributed by atoms with E-state index in [2.05, 4.69) is 9.98 Å². The number of nitrogens with zero attached hydrogens (tertiary/aromatic N) is 2. The lowest BCUT2D eigenvalue weighted by atomic mass is 10.1. The SMILES string of the molecule is NC(=O)C1=CN=CC=CC=CN=Cc2ccccc2CO1. The van der Waals surface area contributed by atoms with Crippen LogP contribution in [0.1, 0.15) is 11.1 Å². The van der Waals surface area contributed by atoms with Gasteiger partial charge < -0.3 is 10.5 Å². The van der Waals surface area contributed by atoms with Gasteiger partial charge in [0, 0.05) is 18.6 Å². The van der Waals surface area contributed by atoms with E-state index in [9.17, 15) is 4.79 Å². The Hall–Kier alpha value is -2.95. The van der Waals surface area contributed by atoms with Crippen LogP contribution >= 0.6 is 0 Å². The number of primary amides is 1. The van der Waals surface area contributed by atoms with E-state index in [1.54, 1.807) is 30.6 Å². The second-order valence-electron chi connectivity index (χ2n) is 4.15. The van der Waals surface area contributed by atoms with Gasteiger partial charge in [-0.05, 0) is 23.3 Å². The molecule has 5 nitrogen and oxygen atoms in total. The van der Waals surface area contributed by atoms with Crippen LogP contribution in [-0.4, -0.2) is 18.3 Å². The highest BCUT2D eigenvalue weighted by atomic mass is 16.5. The second-order valence-corrected chi connectivity index (χ2v) is 4.15. The Labute approximate surface area is 122 Å². The summed E-state index contributed by atoms with van der Waals surface area (Å²) in [5.41, 5.74) is 7.08. The molecule has 2 N–H and O–H groups in total. The van der Waals surface area contributed by atoms with Gasteiger partial charge in [0.1, 0.15) is 6.61 Å². The maximum absolute atomic E-state index is 11.3. The minimum Gasteiger partial charge on any atom is -0.482 e. The first-order valence-electron chi connectivity index (χ1n) is 6.36. The first-order valence-corrected chi connectivity index (χ1v) is 6.36. The minimum absolute atomic E-state index is 0.0130. The molecule has 2 rings (SSSR count). The molecule has 0 saturated heterocycles. The van der Waals surface area contributed by atoms with Gasteiger partial charge in [-0.25, -0.2) is 0 Å². The number of amides is 1. The molecule has 1 aliphatic rings. The third-order valence-corrected chi connectivity index (χ3v) is 2.65. The van der Waals surface area contributed by atoms with E-state index in [-0.39, 0.29) is 12.4 Å². The van der Waals surface area contributed by atoms with Gasteiger partial charge in [-0.1, -0.05) is 30.3 Å². The number of benzene rings is 1. The van der Waals surface area contributed by atoms with Crippen molar-refractivity contribution in [1.82, 2.24) is 0 Å². The molecule has 0 spiro atoms. The molecule has 0 atom stereocenters. The Morgan fingerprint density at radius 1 is 1.14 bits per heavy atom. The van der Waals surface area contributed by atoms with Crippen molar-refractivity contribution >= 4 is 18.3 Å². The van der Waals surface area contributed by atoms with Gasteiger partial charge in [-0.3, -0.25) is 14.8 Å². The fraction of sp³-hybridized carbons (Fsp3) is 0.0625. The first kappa shape index (κ1) is 14.5. The van der Waals surface area contributed by atoms with Crippen molar-refractivity contribution in [1.29, 1.82) is 0 Å². The van der Waals surface area contributed by atoms with Crippen molar-refractivity contribution in [2.75, 3.05) is 0 Å². The minimum atomic E-state index is -0.658. The van der Waals surface area contributed by atoms with Gasteiger partial charge in [-0.2, -0.15) is 0 Å². The predicted molar refractivity (Wildman–Crippen MR) is 82.9 cm³/mol. The van der Waals surface area contributed by atoms with Crippen LogP contribution in [0, 0.1) is 0 Å². The summed E-state index contributed by atoms with van der Waals surface area (Å²) >= 11 is 0. The molecule has 0 bridgehead atoms. The van der Waals surface area contributed by atoms with Crippen LogP contribution in [0.3, 0.4) is 0 Å². The van der Waals surface area contributed by atoms with Crippen LogP contribution in [0.25, 0.3) is 0 Å². The first-order chi connectivity index (χ1) is 10.3. The Kier molecular flexibility index (Phi) is 5.23. The standard InChI is InChI=1S/C16H15N3O2/c17-16(20)15-11-19-9-5-1-4-8-18-10-13-6-2-3-7-14(13)12-21-15/h1-11H,12H2,(H2,17,20). The molecule has 1 amide bonds.